The van der Waals surface area contributed by atoms with Gasteiger partial charge in [0.05, 0.1) is 5.92 Å². The number of carboxylic acids is 1. The van der Waals surface area contributed by atoms with E-state index in [1.54, 1.807) is 17.9 Å². The van der Waals surface area contributed by atoms with E-state index in [1.807, 2.05) is 24.3 Å². The Balaban J connectivity index is 1.12. The third-order valence-corrected chi connectivity index (χ3v) is 7.40. The van der Waals surface area contributed by atoms with E-state index in [2.05, 4.69) is 29.6 Å². The van der Waals surface area contributed by atoms with Gasteiger partial charge in [-0.2, -0.15) is 0 Å². The molecule has 1 heterocycles. The number of benzene rings is 2. The number of hydrogen-bond donors (Lipinski definition) is 2. The SMILES string of the molecule is C/C(=C\CNC(=O)OCC1c2ccccc2-c2ccccc21)C(=O)N1CCC2C(C1)C2C(=O)O. The van der Waals surface area contributed by atoms with Crippen molar-refractivity contribution in [1.29, 1.82) is 0 Å². The summed E-state index contributed by atoms with van der Waals surface area (Å²) in [6.45, 7) is 3.21. The van der Waals surface area contributed by atoms with Crippen LogP contribution in [0.1, 0.15) is 30.4 Å². The molecule has 1 saturated heterocycles. The van der Waals surface area contributed by atoms with Gasteiger partial charge in [0.1, 0.15) is 6.61 Å². The number of carboxylic acid groups (broad SMARTS) is 1. The first-order chi connectivity index (χ1) is 16.5. The van der Waals surface area contributed by atoms with Crippen LogP contribution in [0.4, 0.5) is 4.79 Å². The molecule has 0 spiro atoms. The summed E-state index contributed by atoms with van der Waals surface area (Å²) in [7, 11) is 0. The lowest BCUT2D eigenvalue weighted by atomic mass is 9.98. The minimum atomic E-state index is -0.760. The number of likely N-dealkylation sites (tertiary alicyclic amines) is 1. The number of carbonyl (C=O) groups excluding carboxylic acids is 2. The first-order valence-corrected chi connectivity index (χ1v) is 11.7. The predicted molar refractivity (Wildman–Crippen MR) is 126 cm³/mol. The van der Waals surface area contributed by atoms with Gasteiger partial charge in [-0.1, -0.05) is 54.6 Å². The Labute approximate surface area is 198 Å². The predicted octanol–water partition coefficient (Wildman–Crippen LogP) is 3.65. The van der Waals surface area contributed by atoms with Gasteiger partial charge < -0.3 is 20.1 Å². The monoisotopic (exact) mass is 460 g/mol. The van der Waals surface area contributed by atoms with Crippen molar-refractivity contribution in [2.45, 2.75) is 19.3 Å². The van der Waals surface area contributed by atoms with Crippen LogP contribution in [0, 0.1) is 17.8 Å². The number of fused-ring (bicyclic) bond motifs is 4. The zero-order valence-corrected chi connectivity index (χ0v) is 19.1. The van der Waals surface area contributed by atoms with E-state index in [1.165, 1.54) is 11.1 Å². The van der Waals surface area contributed by atoms with Gasteiger partial charge in [-0.05, 0) is 47.4 Å². The number of piperidine rings is 1. The highest BCUT2D eigenvalue weighted by atomic mass is 16.5. The Morgan fingerprint density at radius 1 is 1.06 bits per heavy atom. The second kappa shape index (κ2) is 8.97. The van der Waals surface area contributed by atoms with Crippen LogP contribution in [0.3, 0.4) is 0 Å². The molecule has 0 bridgehead atoms. The topological polar surface area (TPSA) is 95.9 Å². The van der Waals surface area contributed by atoms with Crippen molar-refractivity contribution in [3.05, 3.63) is 71.3 Å². The summed E-state index contributed by atoms with van der Waals surface area (Å²) >= 11 is 0. The molecule has 3 atom stereocenters. The van der Waals surface area contributed by atoms with Crippen LogP contribution in [-0.4, -0.2) is 54.2 Å². The van der Waals surface area contributed by atoms with Gasteiger partial charge in [0.25, 0.3) is 0 Å². The summed E-state index contributed by atoms with van der Waals surface area (Å²) in [5.41, 5.74) is 5.19. The number of nitrogens with one attached hydrogen (secondary N) is 1. The molecule has 34 heavy (non-hydrogen) atoms. The number of aliphatic carboxylic acids is 1. The molecule has 2 N–H and O–H groups in total. The maximum absolute atomic E-state index is 12.7. The fraction of sp³-hybridized carbons (Fsp3) is 0.370. The van der Waals surface area contributed by atoms with Gasteiger partial charge >= 0.3 is 12.1 Å². The van der Waals surface area contributed by atoms with E-state index in [0.717, 1.165) is 17.5 Å². The quantitative estimate of drug-likeness (QED) is 0.642. The molecule has 2 fully saturated rings. The first kappa shape index (κ1) is 22.2. The van der Waals surface area contributed by atoms with Gasteiger partial charge in [-0.25, -0.2) is 4.79 Å². The Morgan fingerprint density at radius 3 is 2.35 bits per heavy atom. The number of ether oxygens (including phenoxy) is 1. The van der Waals surface area contributed by atoms with E-state index < -0.39 is 12.1 Å². The van der Waals surface area contributed by atoms with Crippen LogP contribution in [0.2, 0.25) is 0 Å². The average molecular weight is 461 g/mol. The molecule has 2 amide bonds. The van der Waals surface area contributed by atoms with Crippen molar-refractivity contribution < 1.29 is 24.2 Å². The highest BCUT2D eigenvalue weighted by Gasteiger charge is 2.57. The lowest BCUT2D eigenvalue weighted by Gasteiger charge is -2.26. The molecule has 7 nitrogen and oxygen atoms in total. The molecule has 2 aromatic carbocycles. The molecule has 0 aromatic heterocycles. The second-order valence-electron chi connectivity index (χ2n) is 9.33. The van der Waals surface area contributed by atoms with E-state index in [0.29, 0.717) is 18.7 Å². The van der Waals surface area contributed by atoms with Crippen LogP contribution in [0.25, 0.3) is 11.1 Å². The van der Waals surface area contributed by atoms with Crippen molar-refractivity contribution in [3.8, 4) is 11.1 Å². The maximum atomic E-state index is 12.7. The lowest BCUT2D eigenvalue weighted by Crippen LogP contribution is -2.37. The van der Waals surface area contributed by atoms with E-state index in [-0.39, 0.29) is 42.7 Å². The molecule has 1 saturated carbocycles. The number of nitrogens with zero attached hydrogens (tertiary/aromatic N) is 1. The average Bonchev–Trinajstić information content (AvgIpc) is 3.49. The summed E-state index contributed by atoms with van der Waals surface area (Å²) in [6, 6.07) is 16.3. The molecule has 2 aliphatic carbocycles. The molecule has 7 heteroatoms. The molecule has 0 radical (unpaired) electrons. The zero-order chi connectivity index (χ0) is 23.8. The largest absolute Gasteiger partial charge is 0.481 e. The number of amides is 2. The van der Waals surface area contributed by atoms with E-state index in [9.17, 15) is 19.5 Å². The Bertz CT molecular complexity index is 1130. The van der Waals surface area contributed by atoms with Crippen molar-refractivity contribution in [3.63, 3.8) is 0 Å². The van der Waals surface area contributed by atoms with Crippen LogP contribution in [0.15, 0.2) is 60.2 Å². The minimum absolute atomic E-state index is 0.00279. The molecule has 3 unspecified atom stereocenters. The van der Waals surface area contributed by atoms with Crippen LogP contribution >= 0.6 is 0 Å². The minimum Gasteiger partial charge on any atom is -0.481 e. The normalized spacial score (nSPS) is 22.9. The molecule has 1 aliphatic heterocycles. The molecular formula is C27H28N2O5. The molecule has 176 valence electrons. The van der Waals surface area contributed by atoms with E-state index >= 15 is 0 Å². The van der Waals surface area contributed by atoms with Crippen LogP contribution in [-0.2, 0) is 14.3 Å². The zero-order valence-electron chi connectivity index (χ0n) is 19.1. The third kappa shape index (κ3) is 4.06. The number of hydrogen-bond acceptors (Lipinski definition) is 4. The molecule has 5 rings (SSSR count). The lowest BCUT2D eigenvalue weighted by molar-refractivity contribution is -0.139. The van der Waals surface area contributed by atoms with Gasteiger partial charge in [0.15, 0.2) is 0 Å². The maximum Gasteiger partial charge on any atom is 0.407 e. The van der Waals surface area contributed by atoms with E-state index in [4.69, 9.17) is 4.74 Å². The highest BCUT2D eigenvalue weighted by Crippen LogP contribution is 2.51. The number of alkyl carbamates (subject to hydrolysis) is 1. The summed E-state index contributed by atoms with van der Waals surface area (Å²) in [5.74, 6) is -0.898. The first-order valence-electron chi connectivity index (χ1n) is 11.7. The molecular weight excluding hydrogens is 432 g/mol. The second-order valence-corrected chi connectivity index (χ2v) is 9.33. The number of rotatable bonds is 6. The molecule has 2 aromatic rings. The summed E-state index contributed by atoms with van der Waals surface area (Å²) in [6.07, 6.45) is 1.89. The van der Waals surface area contributed by atoms with Crippen molar-refractivity contribution in [2.75, 3.05) is 26.2 Å². The highest BCUT2D eigenvalue weighted by molar-refractivity contribution is 5.93. The van der Waals surface area contributed by atoms with Gasteiger partial charge in [0, 0.05) is 31.1 Å². The number of carbonyl (C=O) groups is 3. The standard InChI is InChI=1S/C27H28N2O5/c1-16(25(30)29-13-11-21-22(14-29)24(21)26(31)32)10-12-28-27(33)34-15-23-19-8-4-2-6-17(19)18-7-3-5-9-20(18)23/h2-10,21-24H,11-15H2,1H3,(H,28,33)(H,31,32)/b16-10+. The van der Waals surface area contributed by atoms with Crippen LogP contribution in [0.5, 0.6) is 0 Å². The van der Waals surface area contributed by atoms with Crippen molar-refractivity contribution in [2.24, 2.45) is 17.8 Å². The van der Waals surface area contributed by atoms with Crippen molar-refractivity contribution in [1.82, 2.24) is 10.2 Å². The summed E-state index contributed by atoms with van der Waals surface area (Å²) in [4.78, 5) is 38.0. The smallest absolute Gasteiger partial charge is 0.407 e. The van der Waals surface area contributed by atoms with Gasteiger partial charge in [-0.3, -0.25) is 9.59 Å². The Hall–Kier alpha value is -3.61. The van der Waals surface area contributed by atoms with Gasteiger partial charge in [0.2, 0.25) is 5.91 Å². The third-order valence-electron chi connectivity index (χ3n) is 7.40. The Morgan fingerprint density at radius 2 is 1.71 bits per heavy atom. The van der Waals surface area contributed by atoms with Crippen molar-refractivity contribution >= 4 is 18.0 Å². The Kier molecular flexibility index (Phi) is 5.86. The fourth-order valence-electron chi connectivity index (χ4n) is 5.56. The van der Waals surface area contributed by atoms with Gasteiger partial charge in [-0.15, -0.1) is 0 Å². The summed E-state index contributed by atoms with van der Waals surface area (Å²) < 4.78 is 5.52. The fourth-order valence-corrected chi connectivity index (χ4v) is 5.56. The molecule has 3 aliphatic rings. The van der Waals surface area contributed by atoms with Crippen LogP contribution < -0.4 is 5.32 Å². The summed E-state index contributed by atoms with van der Waals surface area (Å²) in [5, 5.41) is 11.9.